The number of anilines is 1. The molecule has 0 saturated carbocycles. The molecule has 2 aromatic carbocycles. The summed E-state index contributed by atoms with van der Waals surface area (Å²) in [4.78, 5) is 11.8. The van der Waals surface area contributed by atoms with E-state index in [2.05, 4.69) is 38.2 Å². The molecule has 0 bridgehead atoms. The summed E-state index contributed by atoms with van der Waals surface area (Å²) in [6, 6.07) is 14.1. The molecule has 0 aliphatic heterocycles. The molecule has 0 unspecified atom stereocenters. The fourth-order valence-electron chi connectivity index (χ4n) is 2.00. The maximum absolute atomic E-state index is 13.4. The van der Waals surface area contributed by atoms with Crippen molar-refractivity contribution in [3.63, 3.8) is 0 Å². The van der Waals surface area contributed by atoms with E-state index in [9.17, 15) is 9.18 Å². The van der Waals surface area contributed by atoms with Gasteiger partial charge < -0.3 is 5.32 Å². The summed E-state index contributed by atoms with van der Waals surface area (Å²) in [7, 11) is 0. The Balaban J connectivity index is 2.02. The van der Waals surface area contributed by atoms with Gasteiger partial charge in [-0.25, -0.2) is 4.39 Å². The largest absolute Gasteiger partial charge is 0.320 e. The minimum atomic E-state index is -0.446. The van der Waals surface area contributed by atoms with Crippen molar-refractivity contribution in [3.05, 3.63) is 71.6 Å². The number of carbonyl (C=O) groups excluding carboxylic acids is 1. The first kappa shape index (κ1) is 16.0. The van der Waals surface area contributed by atoms with Gasteiger partial charge in [0.15, 0.2) is 0 Å². The molecule has 0 radical (unpaired) electrons. The number of rotatable bonds is 3. The SMILES string of the molecule is CC(C)(C)c1ccc(/C=C/C(=O)Nc2ccccc2F)cc1. The zero-order valence-corrected chi connectivity index (χ0v) is 13.1. The number of halogens is 1. The van der Waals surface area contributed by atoms with Gasteiger partial charge in [-0.3, -0.25) is 4.79 Å². The first-order valence-corrected chi connectivity index (χ1v) is 7.20. The molecule has 0 atom stereocenters. The molecule has 0 saturated heterocycles. The van der Waals surface area contributed by atoms with Crippen molar-refractivity contribution >= 4 is 17.7 Å². The average Bonchev–Trinajstić information content (AvgIpc) is 2.47. The molecule has 2 nitrogen and oxygen atoms in total. The molecular weight excluding hydrogens is 277 g/mol. The number of amides is 1. The van der Waals surface area contributed by atoms with Crippen LogP contribution in [0.1, 0.15) is 31.9 Å². The van der Waals surface area contributed by atoms with E-state index in [1.807, 2.05) is 12.1 Å². The van der Waals surface area contributed by atoms with Gasteiger partial charge in [0.05, 0.1) is 5.69 Å². The molecule has 0 aromatic heterocycles. The van der Waals surface area contributed by atoms with Crippen LogP contribution < -0.4 is 5.32 Å². The van der Waals surface area contributed by atoms with Crippen molar-refractivity contribution in [2.75, 3.05) is 5.32 Å². The number of benzene rings is 2. The summed E-state index contributed by atoms with van der Waals surface area (Å²) >= 11 is 0. The van der Waals surface area contributed by atoms with Gasteiger partial charge in [-0.2, -0.15) is 0 Å². The summed E-state index contributed by atoms with van der Waals surface area (Å²) in [5.74, 6) is -0.802. The Hall–Kier alpha value is -2.42. The average molecular weight is 297 g/mol. The lowest BCUT2D eigenvalue weighted by molar-refractivity contribution is -0.111. The molecule has 2 aromatic rings. The fourth-order valence-corrected chi connectivity index (χ4v) is 2.00. The van der Waals surface area contributed by atoms with Crippen molar-refractivity contribution in [1.29, 1.82) is 0 Å². The van der Waals surface area contributed by atoms with E-state index >= 15 is 0 Å². The summed E-state index contributed by atoms with van der Waals surface area (Å²) < 4.78 is 13.4. The first-order chi connectivity index (χ1) is 10.4. The van der Waals surface area contributed by atoms with Crippen LogP contribution in [-0.2, 0) is 10.2 Å². The lowest BCUT2D eigenvalue weighted by atomic mass is 9.87. The smallest absolute Gasteiger partial charge is 0.248 e. The summed E-state index contributed by atoms with van der Waals surface area (Å²) in [6.07, 6.45) is 3.11. The van der Waals surface area contributed by atoms with Gasteiger partial charge in [-0.1, -0.05) is 57.2 Å². The van der Waals surface area contributed by atoms with Crippen LogP contribution in [0, 0.1) is 5.82 Å². The van der Waals surface area contributed by atoms with Gasteiger partial charge in [0.1, 0.15) is 5.82 Å². The minimum Gasteiger partial charge on any atom is -0.320 e. The number of carbonyl (C=O) groups is 1. The minimum absolute atomic E-state index is 0.102. The highest BCUT2D eigenvalue weighted by molar-refractivity contribution is 6.01. The van der Waals surface area contributed by atoms with Crippen LogP contribution in [0.3, 0.4) is 0 Å². The van der Waals surface area contributed by atoms with Gasteiger partial charge >= 0.3 is 0 Å². The molecule has 0 aliphatic rings. The summed E-state index contributed by atoms with van der Waals surface area (Å²) in [5.41, 5.74) is 2.45. The number of hydrogen-bond acceptors (Lipinski definition) is 1. The zero-order valence-electron chi connectivity index (χ0n) is 13.1. The van der Waals surface area contributed by atoms with E-state index in [4.69, 9.17) is 0 Å². The van der Waals surface area contributed by atoms with Crippen molar-refractivity contribution in [2.24, 2.45) is 0 Å². The predicted molar refractivity (Wildman–Crippen MR) is 89.2 cm³/mol. The quantitative estimate of drug-likeness (QED) is 0.812. The van der Waals surface area contributed by atoms with E-state index in [-0.39, 0.29) is 17.0 Å². The van der Waals surface area contributed by atoms with Crippen LogP contribution in [0.15, 0.2) is 54.6 Å². The second-order valence-electron chi connectivity index (χ2n) is 6.17. The highest BCUT2D eigenvalue weighted by Gasteiger charge is 2.12. The second kappa shape index (κ2) is 6.56. The normalized spacial score (nSPS) is 11.6. The van der Waals surface area contributed by atoms with Crippen molar-refractivity contribution < 1.29 is 9.18 Å². The molecule has 0 aliphatic carbocycles. The van der Waals surface area contributed by atoms with Gasteiger partial charge in [-0.05, 0) is 34.8 Å². The molecular formula is C19H20FNO. The molecule has 2 rings (SSSR count). The third-order valence-corrected chi connectivity index (χ3v) is 3.34. The number of para-hydroxylation sites is 1. The fraction of sp³-hybridized carbons (Fsp3) is 0.211. The number of nitrogens with one attached hydrogen (secondary N) is 1. The van der Waals surface area contributed by atoms with Crippen molar-refractivity contribution in [1.82, 2.24) is 0 Å². The molecule has 0 heterocycles. The maximum atomic E-state index is 13.4. The van der Waals surface area contributed by atoms with Crippen LogP contribution in [-0.4, -0.2) is 5.91 Å². The van der Waals surface area contributed by atoms with E-state index in [0.717, 1.165) is 5.56 Å². The molecule has 0 spiro atoms. The van der Waals surface area contributed by atoms with Gasteiger partial charge in [0, 0.05) is 6.08 Å². The highest BCUT2D eigenvalue weighted by atomic mass is 19.1. The summed E-state index contributed by atoms with van der Waals surface area (Å²) in [6.45, 7) is 6.46. The highest BCUT2D eigenvalue weighted by Crippen LogP contribution is 2.22. The van der Waals surface area contributed by atoms with E-state index < -0.39 is 5.82 Å². The predicted octanol–water partition coefficient (Wildman–Crippen LogP) is 4.78. The molecule has 114 valence electrons. The lowest BCUT2D eigenvalue weighted by Gasteiger charge is -2.18. The van der Waals surface area contributed by atoms with Crippen LogP contribution in [0.4, 0.5) is 10.1 Å². The van der Waals surface area contributed by atoms with Gasteiger partial charge in [-0.15, -0.1) is 0 Å². The Morgan fingerprint density at radius 1 is 1.05 bits per heavy atom. The van der Waals surface area contributed by atoms with Crippen molar-refractivity contribution in [3.8, 4) is 0 Å². The van der Waals surface area contributed by atoms with Crippen molar-refractivity contribution in [2.45, 2.75) is 26.2 Å². The Kier molecular flexibility index (Phi) is 4.76. The maximum Gasteiger partial charge on any atom is 0.248 e. The van der Waals surface area contributed by atoms with Gasteiger partial charge in [0.2, 0.25) is 5.91 Å². The lowest BCUT2D eigenvalue weighted by Crippen LogP contribution is -2.10. The molecule has 1 N–H and O–H groups in total. The van der Waals surface area contributed by atoms with E-state index in [1.54, 1.807) is 18.2 Å². The Labute approximate surface area is 130 Å². The monoisotopic (exact) mass is 297 g/mol. The van der Waals surface area contributed by atoms with Crippen LogP contribution in [0.25, 0.3) is 6.08 Å². The molecule has 22 heavy (non-hydrogen) atoms. The van der Waals surface area contributed by atoms with Crippen LogP contribution >= 0.6 is 0 Å². The Bertz CT molecular complexity index is 681. The standard InChI is InChI=1S/C19H20FNO/c1-19(2,3)15-11-8-14(9-12-15)10-13-18(22)21-17-7-5-4-6-16(17)20/h4-13H,1-3H3,(H,21,22)/b13-10+. The van der Waals surface area contributed by atoms with E-state index in [1.165, 1.54) is 23.8 Å². The number of hydrogen-bond donors (Lipinski definition) is 1. The molecule has 3 heteroatoms. The third-order valence-electron chi connectivity index (χ3n) is 3.34. The first-order valence-electron chi connectivity index (χ1n) is 7.20. The van der Waals surface area contributed by atoms with Gasteiger partial charge in [0.25, 0.3) is 0 Å². The van der Waals surface area contributed by atoms with E-state index in [0.29, 0.717) is 0 Å². The zero-order chi connectivity index (χ0) is 16.2. The topological polar surface area (TPSA) is 29.1 Å². The Morgan fingerprint density at radius 2 is 1.68 bits per heavy atom. The third kappa shape index (κ3) is 4.29. The Morgan fingerprint density at radius 3 is 2.27 bits per heavy atom. The molecule has 0 fully saturated rings. The summed E-state index contributed by atoms with van der Waals surface area (Å²) in [5, 5.41) is 2.52. The van der Waals surface area contributed by atoms with Crippen LogP contribution in [0.5, 0.6) is 0 Å². The molecule has 1 amide bonds. The second-order valence-corrected chi connectivity index (χ2v) is 6.17. The van der Waals surface area contributed by atoms with Crippen LogP contribution in [0.2, 0.25) is 0 Å².